The summed E-state index contributed by atoms with van der Waals surface area (Å²) >= 11 is 5.79. The van der Waals surface area contributed by atoms with Gasteiger partial charge in [-0.25, -0.2) is 4.79 Å². The van der Waals surface area contributed by atoms with Crippen LogP contribution in [-0.4, -0.2) is 21.8 Å². The number of anilines is 1. The molecule has 0 saturated heterocycles. The topological polar surface area (TPSA) is 111 Å². The van der Waals surface area contributed by atoms with E-state index < -0.39 is 22.9 Å². The van der Waals surface area contributed by atoms with Crippen LogP contribution in [-0.2, 0) is 9.53 Å². The van der Waals surface area contributed by atoms with Crippen molar-refractivity contribution in [3.05, 3.63) is 99.3 Å². The molecule has 1 heterocycles. The third kappa shape index (κ3) is 4.94. The second kappa shape index (κ2) is 8.94. The second-order valence-corrected chi connectivity index (χ2v) is 6.25. The maximum atomic E-state index is 12.8. The van der Waals surface area contributed by atoms with Gasteiger partial charge in [0, 0.05) is 29.7 Å². The molecule has 29 heavy (non-hydrogen) atoms. The highest BCUT2D eigenvalue weighted by atomic mass is 35.5. The van der Waals surface area contributed by atoms with Crippen LogP contribution in [0.25, 0.3) is 0 Å². The van der Waals surface area contributed by atoms with Gasteiger partial charge in [0.1, 0.15) is 5.02 Å². The SMILES string of the molecule is O=C(O[C@@H](C(=O)Nc1ccc(Cl)c([N+](=O)[O-])c1)c1ccccc1)c1ccncc1. The lowest BCUT2D eigenvalue weighted by molar-refractivity contribution is -0.384. The standard InChI is InChI=1S/C20H14ClN3O5/c21-16-7-6-15(12-17(16)24(27)28)23-19(25)18(13-4-2-1-3-5-13)29-20(26)14-8-10-22-11-9-14/h1-12,18H,(H,23,25)/t18-/m1/s1. The first-order valence-electron chi connectivity index (χ1n) is 8.36. The highest BCUT2D eigenvalue weighted by Crippen LogP contribution is 2.28. The van der Waals surface area contributed by atoms with Crippen LogP contribution in [0.3, 0.4) is 0 Å². The number of esters is 1. The van der Waals surface area contributed by atoms with Crippen molar-refractivity contribution in [1.29, 1.82) is 0 Å². The zero-order chi connectivity index (χ0) is 20.8. The van der Waals surface area contributed by atoms with Crippen LogP contribution in [0, 0.1) is 10.1 Å². The molecule has 2 aromatic carbocycles. The van der Waals surface area contributed by atoms with E-state index in [2.05, 4.69) is 10.3 Å². The van der Waals surface area contributed by atoms with Crippen LogP contribution in [0.5, 0.6) is 0 Å². The van der Waals surface area contributed by atoms with E-state index in [0.29, 0.717) is 5.56 Å². The summed E-state index contributed by atoms with van der Waals surface area (Å²) in [5.41, 5.74) is 0.466. The largest absolute Gasteiger partial charge is 0.444 e. The molecule has 1 N–H and O–H groups in total. The molecule has 1 amide bonds. The van der Waals surface area contributed by atoms with E-state index in [1.54, 1.807) is 30.3 Å². The molecule has 3 rings (SSSR count). The number of hydrogen-bond donors (Lipinski definition) is 1. The Morgan fingerprint density at radius 2 is 1.76 bits per heavy atom. The van der Waals surface area contributed by atoms with Crippen LogP contribution in [0.4, 0.5) is 11.4 Å². The number of nitro groups is 1. The van der Waals surface area contributed by atoms with Crippen molar-refractivity contribution in [2.75, 3.05) is 5.32 Å². The minimum Gasteiger partial charge on any atom is -0.444 e. The highest BCUT2D eigenvalue weighted by molar-refractivity contribution is 6.32. The van der Waals surface area contributed by atoms with Gasteiger partial charge in [0.25, 0.3) is 11.6 Å². The molecule has 0 aliphatic heterocycles. The number of ether oxygens (including phenoxy) is 1. The Morgan fingerprint density at radius 3 is 2.41 bits per heavy atom. The van der Waals surface area contributed by atoms with Gasteiger partial charge in [-0.15, -0.1) is 0 Å². The molecule has 146 valence electrons. The predicted octanol–water partition coefficient (Wildman–Crippen LogP) is 4.18. The van der Waals surface area contributed by atoms with Gasteiger partial charge in [-0.2, -0.15) is 0 Å². The summed E-state index contributed by atoms with van der Waals surface area (Å²) in [7, 11) is 0. The van der Waals surface area contributed by atoms with Crippen molar-refractivity contribution in [3.63, 3.8) is 0 Å². The summed E-state index contributed by atoms with van der Waals surface area (Å²) in [6.45, 7) is 0. The number of pyridine rings is 1. The molecule has 0 aliphatic carbocycles. The first-order chi connectivity index (χ1) is 14.0. The lowest BCUT2D eigenvalue weighted by atomic mass is 10.1. The van der Waals surface area contributed by atoms with Crippen LogP contribution in [0.2, 0.25) is 5.02 Å². The maximum absolute atomic E-state index is 12.8. The zero-order valence-electron chi connectivity index (χ0n) is 14.8. The van der Waals surface area contributed by atoms with Gasteiger partial charge in [-0.3, -0.25) is 19.9 Å². The summed E-state index contributed by atoms with van der Waals surface area (Å²) in [5.74, 6) is -1.38. The molecule has 0 aliphatic rings. The number of benzene rings is 2. The molecule has 0 spiro atoms. The van der Waals surface area contributed by atoms with Crippen molar-refractivity contribution in [2.24, 2.45) is 0 Å². The fourth-order valence-corrected chi connectivity index (χ4v) is 2.69. The number of nitrogens with zero attached hydrogens (tertiary/aromatic N) is 2. The minimum absolute atomic E-state index is 0.0586. The molecular formula is C20H14ClN3O5. The van der Waals surface area contributed by atoms with Crippen molar-refractivity contribution in [2.45, 2.75) is 6.10 Å². The van der Waals surface area contributed by atoms with Crippen LogP contribution in [0.1, 0.15) is 22.0 Å². The van der Waals surface area contributed by atoms with Crippen molar-refractivity contribution >= 4 is 34.9 Å². The Bertz CT molecular complexity index is 1040. The Labute approximate surface area is 170 Å². The van der Waals surface area contributed by atoms with Crippen molar-refractivity contribution in [1.82, 2.24) is 4.98 Å². The number of nitro benzene ring substituents is 1. The highest BCUT2D eigenvalue weighted by Gasteiger charge is 2.26. The normalized spacial score (nSPS) is 11.3. The van der Waals surface area contributed by atoms with Crippen LogP contribution in [0.15, 0.2) is 73.1 Å². The van der Waals surface area contributed by atoms with Gasteiger partial charge in [-0.05, 0) is 24.3 Å². The van der Waals surface area contributed by atoms with Gasteiger partial charge in [-0.1, -0.05) is 41.9 Å². The number of halogens is 1. The Balaban J connectivity index is 1.86. The molecule has 1 atom stereocenters. The Hall–Kier alpha value is -3.78. The van der Waals surface area contributed by atoms with E-state index in [1.165, 1.54) is 36.7 Å². The van der Waals surface area contributed by atoms with Gasteiger partial charge in [0.2, 0.25) is 6.10 Å². The van der Waals surface area contributed by atoms with E-state index in [1.807, 2.05) is 0 Å². The molecule has 0 bridgehead atoms. The number of amides is 1. The Kier molecular flexibility index (Phi) is 6.16. The van der Waals surface area contributed by atoms with Crippen LogP contribution < -0.4 is 5.32 Å². The quantitative estimate of drug-likeness (QED) is 0.370. The molecule has 1 aromatic heterocycles. The summed E-state index contributed by atoms with van der Waals surface area (Å²) < 4.78 is 5.42. The summed E-state index contributed by atoms with van der Waals surface area (Å²) in [6.07, 6.45) is 1.59. The Morgan fingerprint density at radius 1 is 1.07 bits per heavy atom. The first kappa shape index (κ1) is 20.0. The summed E-state index contributed by atoms with van der Waals surface area (Å²) in [6, 6.07) is 15.2. The second-order valence-electron chi connectivity index (χ2n) is 5.84. The molecule has 0 radical (unpaired) electrons. The van der Waals surface area contributed by atoms with E-state index in [4.69, 9.17) is 16.3 Å². The average molecular weight is 412 g/mol. The zero-order valence-corrected chi connectivity index (χ0v) is 15.6. The number of aromatic nitrogens is 1. The molecule has 0 saturated carbocycles. The number of nitrogens with one attached hydrogen (secondary N) is 1. The minimum atomic E-state index is -1.27. The van der Waals surface area contributed by atoms with Gasteiger partial charge in [0.05, 0.1) is 10.5 Å². The number of carbonyl (C=O) groups excluding carboxylic acids is 2. The number of carbonyl (C=O) groups is 2. The molecule has 0 fully saturated rings. The summed E-state index contributed by atoms with van der Waals surface area (Å²) in [5, 5.41) is 13.5. The van der Waals surface area contributed by atoms with E-state index in [-0.39, 0.29) is 22.0 Å². The average Bonchev–Trinajstić information content (AvgIpc) is 2.74. The van der Waals surface area contributed by atoms with Crippen LogP contribution >= 0.6 is 11.6 Å². The van der Waals surface area contributed by atoms with Crippen molar-refractivity contribution in [3.8, 4) is 0 Å². The smallest absolute Gasteiger partial charge is 0.339 e. The number of hydrogen-bond acceptors (Lipinski definition) is 6. The fourth-order valence-electron chi connectivity index (χ4n) is 2.50. The molecule has 8 nitrogen and oxygen atoms in total. The van der Waals surface area contributed by atoms with Gasteiger partial charge in [0.15, 0.2) is 0 Å². The van der Waals surface area contributed by atoms with E-state index in [0.717, 1.165) is 6.07 Å². The third-order valence-corrected chi connectivity index (χ3v) is 4.21. The number of rotatable bonds is 6. The van der Waals surface area contributed by atoms with E-state index >= 15 is 0 Å². The third-order valence-electron chi connectivity index (χ3n) is 3.89. The summed E-state index contributed by atoms with van der Waals surface area (Å²) in [4.78, 5) is 39.5. The molecule has 0 unspecified atom stereocenters. The van der Waals surface area contributed by atoms with Gasteiger partial charge >= 0.3 is 5.97 Å². The first-order valence-corrected chi connectivity index (χ1v) is 8.74. The van der Waals surface area contributed by atoms with E-state index in [9.17, 15) is 19.7 Å². The maximum Gasteiger partial charge on any atom is 0.339 e. The fraction of sp³-hybridized carbons (Fsp3) is 0.0500. The predicted molar refractivity (Wildman–Crippen MR) is 106 cm³/mol. The molecule has 3 aromatic rings. The molecule has 9 heteroatoms. The molecular weight excluding hydrogens is 398 g/mol. The monoisotopic (exact) mass is 411 g/mol. The van der Waals surface area contributed by atoms with Crippen molar-refractivity contribution < 1.29 is 19.2 Å². The van der Waals surface area contributed by atoms with Gasteiger partial charge < -0.3 is 10.1 Å². The lowest BCUT2D eigenvalue weighted by Crippen LogP contribution is -2.26. The lowest BCUT2D eigenvalue weighted by Gasteiger charge is -2.18.